The van der Waals surface area contributed by atoms with Crippen molar-refractivity contribution in [2.45, 2.75) is 57.4 Å². The number of fused-ring (bicyclic) bond motifs is 4. The van der Waals surface area contributed by atoms with Gasteiger partial charge in [0.1, 0.15) is 73.3 Å². The van der Waals surface area contributed by atoms with Crippen LogP contribution < -0.4 is 81.4 Å². The molecule has 4 amide bonds. The Hall–Kier alpha value is -18.9. The normalized spacial score (nSPS) is 10.7. The minimum Gasteiger partial charge on any atom is -0.497 e. The molecule has 768 valence electrons. The van der Waals surface area contributed by atoms with Crippen molar-refractivity contribution in [3.63, 3.8) is 0 Å². The second kappa shape index (κ2) is 46.9. The Kier molecular flexibility index (Phi) is 33.9. The van der Waals surface area contributed by atoms with Crippen LogP contribution in [0.15, 0.2) is 297 Å². The Labute approximate surface area is 863 Å². The van der Waals surface area contributed by atoms with Gasteiger partial charge in [-0.3, -0.25) is 82.0 Å². The highest BCUT2D eigenvalue weighted by atomic mass is 32.1. The van der Waals surface area contributed by atoms with E-state index in [1.54, 1.807) is 280 Å². The van der Waals surface area contributed by atoms with Crippen molar-refractivity contribution in [1.82, 2.24) is 67.4 Å². The van der Waals surface area contributed by atoms with Crippen LogP contribution in [0.3, 0.4) is 0 Å². The van der Waals surface area contributed by atoms with E-state index in [4.69, 9.17) is 37.9 Å². The van der Waals surface area contributed by atoms with E-state index in [0.717, 1.165) is 24.3 Å². The highest BCUT2D eigenvalue weighted by Crippen LogP contribution is 2.40. The van der Waals surface area contributed by atoms with E-state index in [-0.39, 0.29) is 97.7 Å². The van der Waals surface area contributed by atoms with Crippen molar-refractivity contribution in [3.8, 4) is 91.2 Å². The van der Waals surface area contributed by atoms with E-state index >= 15 is 0 Å². The molecule has 20 rings (SSSR count). The molecule has 150 heavy (non-hydrogen) atoms. The molecule has 0 bridgehead atoms. The molecule has 40 heteroatoms. The summed E-state index contributed by atoms with van der Waals surface area (Å²) in [5.74, 6) is -0.738. The zero-order valence-electron chi connectivity index (χ0n) is 79.7. The Morgan fingerprint density at radius 3 is 0.933 bits per heavy atom. The average Bonchev–Trinajstić information content (AvgIpc) is 1.63. The van der Waals surface area contributed by atoms with Crippen LogP contribution in [0.2, 0.25) is 0 Å². The zero-order chi connectivity index (χ0) is 103. The van der Waals surface area contributed by atoms with Crippen molar-refractivity contribution in [2.24, 2.45) is 28.2 Å². The summed E-state index contributed by atoms with van der Waals surface area (Å²) in [4.78, 5) is 129. The molecule has 0 unspecified atom stereocenters. The lowest BCUT2D eigenvalue weighted by molar-refractivity contribution is 0.101. The van der Waals surface area contributed by atoms with Crippen LogP contribution in [0.25, 0.3) is 65.8 Å². The second-order valence-corrected chi connectivity index (χ2v) is 34.0. The van der Waals surface area contributed by atoms with Crippen LogP contribution in [0, 0.1) is 51.0 Å². The number of hydrogen-bond acceptors (Lipinski definition) is 24. The van der Waals surface area contributed by atoms with E-state index in [9.17, 15) is 55.9 Å². The number of ether oxygens (including phenoxy) is 8. The van der Waals surface area contributed by atoms with Gasteiger partial charge in [0.25, 0.3) is 45.9 Å². The summed E-state index contributed by atoms with van der Waals surface area (Å²) >= 11 is 2.83. The molecule has 0 radical (unpaired) electrons. The molecule has 0 spiro atoms. The molecule has 12 heterocycles. The first-order valence-corrected chi connectivity index (χ1v) is 46.2. The molecular weight excluding hydrogens is 1970 g/mol. The number of halogens is 4. The largest absolute Gasteiger partial charge is 0.497 e. The fourth-order valence-corrected chi connectivity index (χ4v) is 17.2. The van der Waals surface area contributed by atoms with Crippen molar-refractivity contribution in [2.75, 3.05) is 49.7 Å². The molecule has 0 saturated carbocycles. The molecule has 0 aliphatic heterocycles. The Morgan fingerprint density at radius 2 is 0.640 bits per heavy atom. The van der Waals surface area contributed by atoms with E-state index in [2.05, 4.69) is 51.2 Å². The summed E-state index contributed by atoms with van der Waals surface area (Å²) in [5.41, 5.74) is 4.29. The van der Waals surface area contributed by atoms with Gasteiger partial charge in [0.05, 0.1) is 90.9 Å². The second-order valence-electron chi connectivity index (χ2n) is 32.3. The van der Waals surface area contributed by atoms with Gasteiger partial charge in [-0.15, -0.1) is 11.3 Å². The molecular formula is C110H102F4N18O16S2. The number of carbonyl (C=O) groups is 4. The number of rotatable bonds is 24. The topological polar surface area (TPSA) is 375 Å². The maximum atomic E-state index is 15.0. The minimum absolute atomic E-state index is 0. The number of carbonyl (C=O) groups excluding carboxylic acids is 4. The summed E-state index contributed by atoms with van der Waals surface area (Å²) in [5, 5.41) is 19.4. The monoisotopic (exact) mass is 2070 g/mol. The summed E-state index contributed by atoms with van der Waals surface area (Å²) in [6.45, 7) is 6.69. The Bertz CT molecular complexity index is 8210. The first kappa shape index (κ1) is 108. The first-order valence-electron chi connectivity index (χ1n) is 44.4. The van der Waals surface area contributed by atoms with Crippen LogP contribution in [-0.2, 0) is 28.2 Å². The molecule has 20 aromatic rings. The summed E-state index contributed by atoms with van der Waals surface area (Å²) in [6.07, 6.45) is 10.9. The van der Waals surface area contributed by atoms with Gasteiger partial charge in [-0.05, 0) is 202 Å². The number of anilines is 4. The number of pyridine rings is 6. The smallest absolute Gasteiger partial charge is 0.285 e. The zero-order valence-corrected chi connectivity index (χ0v) is 81.3. The first-order chi connectivity index (χ1) is 70.5. The van der Waals surface area contributed by atoms with Gasteiger partial charge in [-0.2, -0.15) is 16.0 Å². The molecule has 0 saturated heterocycles. The molecule has 0 aliphatic carbocycles. The molecule has 0 atom stereocenters. The van der Waals surface area contributed by atoms with Gasteiger partial charge >= 0.3 is 0 Å². The molecule has 34 nitrogen and oxygen atoms in total. The number of benzene rings is 8. The van der Waals surface area contributed by atoms with E-state index in [1.807, 2.05) is 22.2 Å². The highest BCUT2D eigenvalue weighted by Gasteiger charge is 2.30. The van der Waals surface area contributed by atoms with E-state index < -0.39 is 69.1 Å². The lowest BCUT2D eigenvalue weighted by Gasteiger charge is -2.11. The van der Waals surface area contributed by atoms with Crippen molar-refractivity contribution < 1.29 is 74.6 Å². The maximum Gasteiger partial charge on any atom is 0.285 e. The van der Waals surface area contributed by atoms with Crippen LogP contribution in [0.5, 0.6) is 69.0 Å². The van der Waals surface area contributed by atoms with Crippen molar-refractivity contribution >= 4 is 113 Å². The minimum atomic E-state index is -0.688. The predicted octanol–water partition coefficient (Wildman–Crippen LogP) is 22.4. The number of amides is 4. The third kappa shape index (κ3) is 22.5. The fraction of sp³-hybridized carbons (Fsp3) is 0.145. The number of nitrogens with zero attached hydrogens (tertiary/aromatic N) is 14. The maximum absolute atomic E-state index is 15.0. The molecule has 8 aromatic carbocycles. The van der Waals surface area contributed by atoms with E-state index in [1.165, 1.54) is 96.1 Å². The van der Waals surface area contributed by atoms with Crippen LogP contribution in [-0.4, -0.2) is 119 Å². The van der Waals surface area contributed by atoms with E-state index in [0.29, 0.717) is 135 Å². The van der Waals surface area contributed by atoms with Gasteiger partial charge in [0.2, 0.25) is 0 Å². The number of hydrogen-bond donors (Lipinski definition) is 4. The lowest BCUT2D eigenvalue weighted by Crippen LogP contribution is -2.25. The third-order valence-electron chi connectivity index (χ3n) is 23.6. The predicted molar refractivity (Wildman–Crippen MR) is 572 cm³/mol. The number of aromatic nitrogens is 14. The van der Waals surface area contributed by atoms with Gasteiger partial charge in [-0.25, -0.2) is 36.6 Å². The lowest BCUT2D eigenvalue weighted by atomic mass is 10.2. The molecule has 4 N–H and O–H groups in total. The Balaban J connectivity index is 0.000000165. The Morgan fingerprint density at radius 1 is 0.313 bits per heavy atom. The van der Waals surface area contributed by atoms with Crippen LogP contribution in [0.1, 0.15) is 93.9 Å². The number of thiophene rings is 2. The SMILES string of the molecule is C.C.C.C.COc1ccc2c(Oc3ccc(NC(=O)c4c(C)n(C)n(-c5ccccn5)c4=O)cc3F)ccnc2c1.COc1ccc2c(Oc3ccc(NC(=O)c4c(C)n(C)n(-c5cccnc5)c4=O)cc3F)ccnc2c1.COc1ccc2c(Oc3ccc(NC(=O)c4c(C)n(C)n(-c5cccs5)c4=O)cc3F)ccnc2c1.COc1ccc2c(Oc3ccc(NC(=O)c4c(C)n(C)n(-c5ccsc5)c4=O)cc3F)ccnc2c1. The summed E-state index contributed by atoms with van der Waals surface area (Å²) < 4.78 is 116. The van der Waals surface area contributed by atoms with Crippen LogP contribution in [0.4, 0.5) is 40.3 Å². The number of methoxy groups -OCH3 is 4. The number of nitrogens with one attached hydrogen (secondary N) is 4. The van der Waals surface area contributed by atoms with Gasteiger partial charge in [0, 0.05) is 164 Å². The third-order valence-corrected chi connectivity index (χ3v) is 25.1. The summed E-state index contributed by atoms with van der Waals surface area (Å²) in [7, 11) is 13.0. The van der Waals surface area contributed by atoms with Crippen LogP contribution >= 0.6 is 22.7 Å². The standard InChI is InChI=1S/2C27H22FN5O4.2C26H21FN4O4S.4CH4/c1-16-25(27(35)33(32(16)2)18-5-4-11-29-15-18)26(34)31-17-6-9-24(21(28)13-17)37-23-10-12-30-22-14-19(36-3)7-8-20(22)23;1-16-25(27(35)33(32(16)2)24-6-4-5-12-30-24)26(34)31-17-7-10-23(20(28)14-17)37-22-11-13-29-21-15-18(36-3)8-9-19(21)22;1-15-24(26(33)31(30(15)2)17-9-11-36-14-17)25(32)29-16-4-7-23(20(27)12-16)35-22-8-10-28-21-13-18(34-3)5-6-19(21)22;1-15-24(26(33)31(30(15)2)23-5-4-12-36-23)25(32)29-16-6-9-22(19(27)13-16)35-21-10-11-28-20-14-17(34-3)7-8-18(20)21;;;;/h2*4-15H,1-3H3,(H,31,34);2*4-14H,1-3H3,(H,29,32);4*1H4. The van der Waals surface area contributed by atoms with Gasteiger partial charge < -0.3 is 59.2 Å². The molecule has 12 aromatic heterocycles. The molecule has 0 fully saturated rings. The fourth-order valence-electron chi connectivity index (χ4n) is 15.9. The quantitative estimate of drug-likeness (QED) is 0.0408. The highest BCUT2D eigenvalue weighted by molar-refractivity contribution is 7.12. The van der Waals surface area contributed by atoms with Gasteiger partial charge in [-0.1, -0.05) is 35.8 Å². The van der Waals surface area contributed by atoms with Crippen molar-refractivity contribution in [3.05, 3.63) is 388 Å². The summed E-state index contributed by atoms with van der Waals surface area (Å²) in [6, 6.07) is 58.0. The van der Waals surface area contributed by atoms with Crippen molar-refractivity contribution in [1.29, 1.82) is 0 Å². The average molecular weight is 2070 g/mol. The van der Waals surface area contributed by atoms with Gasteiger partial charge in [0.15, 0.2) is 52.1 Å². The molecule has 0 aliphatic rings.